The molecule has 1 aromatic carbocycles. The fourth-order valence-corrected chi connectivity index (χ4v) is 4.22. The highest BCUT2D eigenvalue weighted by atomic mass is 19.2. The van der Waals surface area contributed by atoms with Crippen molar-refractivity contribution in [3.8, 4) is 0 Å². The van der Waals surface area contributed by atoms with Crippen LogP contribution in [-0.4, -0.2) is 19.5 Å². The van der Waals surface area contributed by atoms with E-state index in [9.17, 15) is 8.78 Å². The first kappa shape index (κ1) is 17.7. The van der Waals surface area contributed by atoms with Crippen LogP contribution in [0.25, 0.3) is 21.8 Å². The van der Waals surface area contributed by atoms with Gasteiger partial charge in [-0.3, -0.25) is 4.98 Å². The van der Waals surface area contributed by atoms with Gasteiger partial charge in [0.25, 0.3) is 0 Å². The second-order valence-corrected chi connectivity index (χ2v) is 7.40. The number of rotatable bonds is 4. The van der Waals surface area contributed by atoms with E-state index in [1.165, 1.54) is 30.2 Å². The lowest BCUT2D eigenvalue weighted by Crippen LogP contribution is -2.03. The van der Waals surface area contributed by atoms with Gasteiger partial charge in [-0.15, -0.1) is 0 Å². The molecule has 1 aliphatic rings. The highest BCUT2D eigenvalue weighted by molar-refractivity contribution is 5.86. The number of aromatic nitrogens is 4. The van der Waals surface area contributed by atoms with Crippen LogP contribution in [0.4, 0.5) is 14.6 Å². The number of benzene rings is 1. The quantitative estimate of drug-likeness (QED) is 0.511. The number of allylic oxidation sites excluding steroid dienone is 2. The summed E-state index contributed by atoms with van der Waals surface area (Å²) in [6.07, 6.45) is 12.2. The van der Waals surface area contributed by atoms with E-state index in [0.717, 1.165) is 35.9 Å². The molecule has 1 aliphatic carbocycles. The first-order chi connectivity index (χ1) is 14.1. The number of aryl methyl sites for hydroxylation is 1. The van der Waals surface area contributed by atoms with Crippen molar-refractivity contribution in [1.82, 2.24) is 19.5 Å². The molecule has 7 heteroatoms. The predicted octanol–water partition coefficient (Wildman–Crippen LogP) is 4.73. The fraction of sp³-hybridized carbons (Fsp3) is 0.227. The molecule has 0 spiro atoms. The summed E-state index contributed by atoms with van der Waals surface area (Å²) in [4.78, 5) is 12.5. The molecule has 29 heavy (non-hydrogen) atoms. The van der Waals surface area contributed by atoms with Crippen molar-refractivity contribution in [3.05, 3.63) is 72.0 Å². The van der Waals surface area contributed by atoms with Gasteiger partial charge >= 0.3 is 0 Å². The largest absolute Gasteiger partial charge is 0.383 e. The van der Waals surface area contributed by atoms with Crippen molar-refractivity contribution in [3.63, 3.8) is 0 Å². The fourth-order valence-electron chi connectivity index (χ4n) is 4.22. The molecule has 3 aromatic heterocycles. The third-order valence-corrected chi connectivity index (χ3v) is 5.72. The molecule has 0 aliphatic heterocycles. The molecule has 1 unspecified atom stereocenters. The van der Waals surface area contributed by atoms with Gasteiger partial charge in [0.15, 0.2) is 11.6 Å². The third kappa shape index (κ3) is 3.03. The van der Waals surface area contributed by atoms with Crippen LogP contribution in [0.2, 0.25) is 0 Å². The Hall–Kier alpha value is -3.35. The minimum atomic E-state index is -0.813. The van der Waals surface area contributed by atoms with Crippen LogP contribution in [0.5, 0.6) is 0 Å². The summed E-state index contributed by atoms with van der Waals surface area (Å²) in [5, 5.41) is 1.81. The molecule has 1 atom stereocenters. The summed E-state index contributed by atoms with van der Waals surface area (Å²) in [5.41, 5.74) is 8.85. The molecule has 2 N–H and O–H groups in total. The Balaban J connectivity index is 1.39. The van der Waals surface area contributed by atoms with Crippen LogP contribution in [0.1, 0.15) is 30.9 Å². The molecule has 4 aromatic rings. The van der Waals surface area contributed by atoms with Crippen molar-refractivity contribution >= 4 is 27.6 Å². The lowest BCUT2D eigenvalue weighted by Gasteiger charge is -2.10. The molecule has 5 nitrogen and oxygen atoms in total. The number of halogens is 2. The first-order valence-corrected chi connectivity index (χ1v) is 9.59. The van der Waals surface area contributed by atoms with E-state index in [-0.39, 0.29) is 11.4 Å². The SMILES string of the molecule is Nc1ncnc2c1ccn2C1C=C(CCc2cc(F)c(F)c3ccncc23)CC1. The van der Waals surface area contributed by atoms with Crippen molar-refractivity contribution in [2.45, 2.75) is 31.7 Å². The summed E-state index contributed by atoms with van der Waals surface area (Å²) in [6.45, 7) is 0. The van der Waals surface area contributed by atoms with Gasteiger partial charge in [-0.25, -0.2) is 18.7 Å². The van der Waals surface area contributed by atoms with Crippen LogP contribution >= 0.6 is 0 Å². The van der Waals surface area contributed by atoms with E-state index in [2.05, 4.69) is 25.6 Å². The highest BCUT2D eigenvalue weighted by Gasteiger charge is 2.20. The molecule has 0 fully saturated rings. The second-order valence-electron chi connectivity index (χ2n) is 7.40. The van der Waals surface area contributed by atoms with Crippen molar-refractivity contribution in [1.29, 1.82) is 0 Å². The maximum Gasteiger partial charge on any atom is 0.166 e. The van der Waals surface area contributed by atoms with Crippen LogP contribution in [0.3, 0.4) is 0 Å². The average molecular weight is 391 g/mol. The number of hydrogen-bond acceptors (Lipinski definition) is 4. The zero-order valence-corrected chi connectivity index (χ0v) is 15.6. The third-order valence-electron chi connectivity index (χ3n) is 5.72. The van der Waals surface area contributed by atoms with Crippen molar-refractivity contribution in [2.75, 3.05) is 5.73 Å². The first-order valence-electron chi connectivity index (χ1n) is 9.59. The van der Waals surface area contributed by atoms with Crippen LogP contribution in [0.15, 0.2) is 54.8 Å². The van der Waals surface area contributed by atoms with Gasteiger partial charge < -0.3 is 10.3 Å². The van der Waals surface area contributed by atoms with Gasteiger partial charge in [0.1, 0.15) is 17.8 Å². The maximum absolute atomic E-state index is 14.0. The molecule has 0 amide bonds. The van der Waals surface area contributed by atoms with E-state index in [4.69, 9.17) is 5.73 Å². The topological polar surface area (TPSA) is 69.6 Å². The number of nitrogen functional groups attached to an aromatic ring is 1. The zero-order valence-electron chi connectivity index (χ0n) is 15.6. The van der Waals surface area contributed by atoms with E-state index in [1.54, 1.807) is 6.20 Å². The van der Waals surface area contributed by atoms with Gasteiger partial charge in [-0.05, 0) is 49.4 Å². The number of pyridine rings is 1. The Kier molecular flexibility index (Phi) is 4.23. The molecule has 5 rings (SSSR count). The Morgan fingerprint density at radius 2 is 2.00 bits per heavy atom. The van der Waals surface area contributed by atoms with Crippen LogP contribution in [0, 0.1) is 11.6 Å². The number of nitrogens with two attached hydrogens (primary N) is 1. The minimum Gasteiger partial charge on any atom is -0.383 e. The molecular formula is C22H19F2N5. The normalized spacial score (nSPS) is 16.6. The number of fused-ring (bicyclic) bond motifs is 2. The lowest BCUT2D eigenvalue weighted by molar-refractivity contribution is 0.515. The van der Waals surface area contributed by atoms with Crippen LogP contribution < -0.4 is 5.73 Å². The second kappa shape index (κ2) is 6.92. The molecule has 146 valence electrons. The molecule has 0 saturated heterocycles. The van der Waals surface area contributed by atoms with Gasteiger partial charge in [-0.2, -0.15) is 0 Å². The Morgan fingerprint density at radius 1 is 1.10 bits per heavy atom. The van der Waals surface area contributed by atoms with E-state index in [0.29, 0.717) is 17.6 Å². The number of anilines is 1. The van der Waals surface area contributed by atoms with Gasteiger partial charge in [0.2, 0.25) is 0 Å². The Morgan fingerprint density at radius 3 is 2.90 bits per heavy atom. The number of hydrogen-bond donors (Lipinski definition) is 1. The van der Waals surface area contributed by atoms with E-state index >= 15 is 0 Å². The van der Waals surface area contributed by atoms with E-state index < -0.39 is 11.6 Å². The highest BCUT2D eigenvalue weighted by Crippen LogP contribution is 2.34. The zero-order chi connectivity index (χ0) is 20.0. The summed E-state index contributed by atoms with van der Waals surface area (Å²) in [5.74, 6) is -1.14. The molecule has 0 radical (unpaired) electrons. The maximum atomic E-state index is 14.0. The lowest BCUT2D eigenvalue weighted by atomic mass is 9.99. The van der Waals surface area contributed by atoms with E-state index in [1.807, 2.05) is 12.3 Å². The monoisotopic (exact) mass is 391 g/mol. The van der Waals surface area contributed by atoms with Crippen molar-refractivity contribution < 1.29 is 8.78 Å². The molecule has 0 saturated carbocycles. The Labute approximate surface area is 165 Å². The Bertz CT molecular complexity index is 1260. The standard InChI is InChI=1S/C22H19F2N5/c23-19-10-14(18-11-26-7-5-16(18)20(19)24)3-1-13-2-4-15(9-13)29-8-6-17-21(25)27-12-28-22(17)29/h5-12,15H,1-4H2,(H2,25,27,28). The summed E-state index contributed by atoms with van der Waals surface area (Å²) >= 11 is 0. The number of nitrogens with zero attached hydrogens (tertiary/aromatic N) is 4. The minimum absolute atomic E-state index is 0.208. The predicted molar refractivity (Wildman–Crippen MR) is 108 cm³/mol. The van der Waals surface area contributed by atoms with Gasteiger partial charge in [0, 0.05) is 29.4 Å². The summed E-state index contributed by atoms with van der Waals surface area (Å²) < 4.78 is 30.2. The average Bonchev–Trinajstić information content (AvgIpc) is 3.37. The van der Waals surface area contributed by atoms with Gasteiger partial charge in [0.05, 0.1) is 11.4 Å². The van der Waals surface area contributed by atoms with Crippen molar-refractivity contribution in [2.24, 2.45) is 0 Å². The summed E-state index contributed by atoms with van der Waals surface area (Å²) in [7, 11) is 0. The molecule has 3 heterocycles. The smallest absolute Gasteiger partial charge is 0.166 e. The van der Waals surface area contributed by atoms with Crippen LogP contribution in [-0.2, 0) is 6.42 Å². The summed E-state index contributed by atoms with van der Waals surface area (Å²) in [6, 6.07) is 4.97. The molecular weight excluding hydrogens is 372 g/mol. The van der Waals surface area contributed by atoms with Gasteiger partial charge in [-0.1, -0.05) is 11.6 Å². The molecule has 0 bridgehead atoms.